The van der Waals surface area contributed by atoms with Crippen molar-refractivity contribution in [2.24, 2.45) is 11.5 Å². The lowest BCUT2D eigenvalue weighted by molar-refractivity contribution is -0.137. The van der Waals surface area contributed by atoms with E-state index in [-0.39, 0.29) is 19.0 Å². The first-order chi connectivity index (χ1) is 9.60. The van der Waals surface area contributed by atoms with E-state index in [1.165, 1.54) is 6.92 Å². The third kappa shape index (κ3) is 69.1. The SMILES string of the molecule is CC.CC(N)CN.CCCC(F)(F)F.O=CNCC(=O)O. The molecule has 0 aliphatic heterocycles. The van der Waals surface area contributed by atoms with Gasteiger partial charge in [0.25, 0.3) is 0 Å². The van der Waals surface area contributed by atoms with Crippen molar-refractivity contribution in [3.63, 3.8) is 0 Å². The van der Waals surface area contributed by atoms with Crippen LogP contribution in [0.25, 0.3) is 0 Å². The summed E-state index contributed by atoms with van der Waals surface area (Å²) >= 11 is 0. The molecule has 6 N–H and O–H groups in total. The van der Waals surface area contributed by atoms with Crippen LogP contribution < -0.4 is 16.8 Å². The van der Waals surface area contributed by atoms with Gasteiger partial charge in [0.2, 0.25) is 6.41 Å². The number of carboxylic acid groups (broad SMARTS) is 1. The van der Waals surface area contributed by atoms with Gasteiger partial charge in [-0.3, -0.25) is 9.59 Å². The lowest BCUT2D eigenvalue weighted by atomic mass is 10.3. The molecule has 0 spiro atoms. The summed E-state index contributed by atoms with van der Waals surface area (Å²) in [6, 6.07) is 0.162. The second kappa shape index (κ2) is 21.0. The predicted octanol–water partition coefficient (Wildman–Crippen LogP) is 1.48. The van der Waals surface area contributed by atoms with E-state index in [0.717, 1.165) is 0 Å². The summed E-state index contributed by atoms with van der Waals surface area (Å²) in [6.45, 7) is 7.66. The molecule has 1 amide bonds. The first-order valence-corrected chi connectivity index (χ1v) is 6.51. The Kier molecular flexibility index (Phi) is 27.8. The lowest BCUT2D eigenvalue weighted by Gasteiger charge is -2.00. The van der Waals surface area contributed by atoms with Gasteiger partial charge in [0, 0.05) is 19.0 Å². The Morgan fingerprint density at radius 2 is 1.76 bits per heavy atom. The standard InChI is InChI=1S/C4H7F3.C3H10N2.C3H5NO3.C2H6/c1-2-3-4(5,6)7;1-3(5)2-4;5-2-4-1-3(6)7;1-2/h2-3H2,1H3;3H,2,4-5H2,1H3;2H,1H2,(H,4,5)(H,6,7);1-2H3. The molecule has 1 unspecified atom stereocenters. The average molecular weight is 319 g/mol. The van der Waals surface area contributed by atoms with Gasteiger partial charge in [0.05, 0.1) is 0 Å². The zero-order valence-electron chi connectivity index (χ0n) is 13.0. The minimum Gasteiger partial charge on any atom is -0.480 e. The number of amides is 1. The number of hydrogen-bond donors (Lipinski definition) is 4. The number of alkyl halides is 3. The lowest BCUT2D eigenvalue weighted by Crippen LogP contribution is -2.25. The van der Waals surface area contributed by atoms with Gasteiger partial charge in [-0.05, 0) is 13.3 Å². The Bertz CT molecular complexity index is 226. The molecular weight excluding hydrogens is 291 g/mol. The molecule has 0 radical (unpaired) electrons. The average Bonchev–Trinajstić information content (AvgIpc) is 2.38. The van der Waals surface area contributed by atoms with E-state index in [1.54, 1.807) is 0 Å². The molecule has 0 bridgehead atoms. The second-order valence-corrected chi connectivity index (χ2v) is 3.47. The Labute approximate surface area is 124 Å². The highest BCUT2D eigenvalue weighted by molar-refractivity contribution is 5.71. The molecule has 0 rings (SSSR count). The number of nitrogens with one attached hydrogen (secondary N) is 1. The maximum atomic E-state index is 11.1. The van der Waals surface area contributed by atoms with Gasteiger partial charge in [-0.2, -0.15) is 13.2 Å². The molecule has 21 heavy (non-hydrogen) atoms. The van der Waals surface area contributed by atoms with Gasteiger partial charge in [-0.1, -0.05) is 20.8 Å². The number of carboxylic acids is 1. The van der Waals surface area contributed by atoms with Crippen LogP contribution in [0.2, 0.25) is 0 Å². The van der Waals surface area contributed by atoms with Crippen LogP contribution in [0, 0.1) is 0 Å². The number of hydrogen-bond acceptors (Lipinski definition) is 4. The van der Waals surface area contributed by atoms with Crippen LogP contribution >= 0.6 is 0 Å². The molecule has 0 aromatic carbocycles. The second-order valence-electron chi connectivity index (χ2n) is 3.47. The number of aliphatic carboxylic acids is 1. The maximum absolute atomic E-state index is 11.1. The Morgan fingerprint density at radius 1 is 1.38 bits per heavy atom. The minimum atomic E-state index is -3.95. The highest BCUT2D eigenvalue weighted by Gasteiger charge is 2.24. The van der Waals surface area contributed by atoms with Crippen LogP contribution in [0.3, 0.4) is 0 Å². The van der Waals surface area contributed by atoms with E-state index in [9.17, 15) is 22.8 Å². The summed E-state index contributed by atoms with van der Waals surface area (Å²) < 4.78 is 33.2. The largest absolute Gasteiger partial charge is 0.480 e. The molecular formula is C12H28F3N3O3. The summed E-state index contributed by atoms with van der Waals surface area (Å²) in [5, 5.41) is 9.79. The molecule has 0 heterocycles. The quantitative estimate of drug-likeness (QED) is 0.572. The number of rotatable bonds is 5. The van der Waals surface area contributed by atoms with Gasteiger partial charge in [0.1, 0.15) is 6.54 Å². The molecule has 0 aromatic rings. The van der Waals surface area contributed by atoms with Gasteiger partial charge in [-0.25, -0.2) is 0 Å². The van der Waals surface area contributed by atoms with Crippen LogP contribution in [0.5, 0.6) is 0 Å². The van der Waals surface area contributed by atoms with Crippen molar-refractivity contribution in [1.29, 1.82) is 0 Å². The first-order valence-electron chi connectivity index (χ1n) is 6.51. The zero-order valence-corrected chi connectivity index (χ0v) is 13.0. The molecule has 0 aromatic heterocycles. The normalized spacial score (nSPS) is 10.3. The van der Waals surface area contributed by atoms with Crippen molar-refractivity contribution in [3.8, 4) is 0 Å². The molecule has 0 aliphatic rings. The van der Waals surface area contributed by atoms with Gasteiger partial charge in [0.15, 0.2) is 0 Å². The summed E-state index contributed by atoms with van der Waals surface area (Å²) in [7, 11) is 0. The monoisotopic (exact) mass is 319 g/mol. The smallest absolute Gasteiger partial charge is 0.389 e. The molecule has 0 saturated carbocycles. The Hall–Kier alpha value is -1.35. The minimum absolute atomic E-state index is 0.162. The first kappa shape index (κ1) is 27.9. The summed E-state index contributed by atoms with van der Waals surface area (Å²) in [5.41, 5.74) is 10.2. The number of carbonyl (C=O) groups excluding carboxylic acids is 1. The van der Waals surface area contributed by atoms with Gasteiger partial charge >= 0.3 is 12.1 Å². The van der Waals surface area contributed by atoms with E-state index < -0.39 is 18.6 Å². The van der Waals surface area contributed by atoms with Crippen LogP contribution in [0.4, 0.5) is 13.2 Å². The topological polar surface area (TPSA) is 118 Å². The number of carbonyl (C=O) groups is 2. The fraction of sp³-hybridized carbons (Fsp3) is 0.833. The van der Waals surface area contributed by atoms with Crippen molar-refractivity contribution in [3.05, 3.63) is 0 Å². The van der Waals surface area contributed by atoms with Gasteiger partial charge in [-0.15, -0.1) is 0 Å². The van der Waals surface area contributed by atoms with E-state index in [1.807, 2.05) is 26.1 Å². The molecule has 0 aliphatic carbocycles. The van der Waals surface area contributed by atoms with Crippen LogP contribution in [0.1, 0.15) is 40.5 Å². The van der Waals surface area contributed by atoms with Crippen molar-refractivity contribution in [2.75, 3.05) is 13.1 Å². The van der Waals surface area contributed by atoms with Crippen molar-refractivity contribution < 1.29 is 27.9 Å². The Morgan fingerprint density at radius 3 is 1.81 bits per heavy atom. The number of nitrogens with two attached hydrogens (primary N) is 2. The highest BCUT2D eigenvalue weighted by Crippen LogP contribution is 2.20. The Balaban J connectivity index is -0.0000000986. The van der Waals surface area contributed by atoms with Crippen molar-refractivity contribution in [1.82, 2.24) is 5.32 Å². The zero-order chi connectivity index (χ0) is 17.9. The van der Waals surface area contributed by atoms with E-state index in [2.05, 4.69) is 0 Å². The highest BCUT2D eigenvalue weighted by atomic mass is 19.4. The fourth-order valence-electron chi connectivity index (χ4n) is 0.412. The third-order valence-electron chi connectivity index (χ3n) is 1.24. The van der Waals surface area contributed by atoms with E-state index >= 15 is 0 Å². The van der Waals surface area contributed by atoms with E-state index in [4.69, 9.17) is 16.6 Å². The number of halogens is 3. The predicted molar refractivity (Wildman–Crippen MR) is 76.7 cm³/mol. The van der Waals surface area contributed by atoms with Crippen LogP contribution in [0.15, 0.2) is 0 Å². The molecule has 9 heteroatoms. The fourth-order valence-corrected chi connectivity index (χ4v) is 0.412. The van der Waals surface area contributed by atoms with E-state index in [0.29, 0.717) is 13.0 Å². The molecule has 130 valence electrons. The maximum Gasteiger partial charge on any atom is 0.389 e. The molecule has 0 saturated heterocycles. The summed E-state index contributed by atoms with van der Waals surface area (Å²) in [4.78, 5) is 18.9. The summed E-state index contributed by atoms with van der Waals surface area (Å²) in [6.07, 6.45) is -4.08. The van der Waals surface area contributed by atoms with Crippen molar-refractivity contribution >= 4 is 12.4 Å². The van der Waals surface area contributed by atoms with Gasteiger partial charge < -0.3 is 21.9 Å². The molecule has 0 fully saturated rings. The van der Waals surface area contributed by atoms with Crippen LogP contribution in [-0.2, 0) is 9.59 Å². The summed E-state index contributed by atoms with van der Waals surface area (Å²) in [5.74, 6) is -1.04. The molecule has 1 atom stereocenters. The third-order valence-corrected chi connectivity index (χ3v) is 1.24. The van der Waals surface area contributed by atoms with Crippen LogP contribution in [-0.4, -0.2) is 42.8 Å². The van der Waals surface area contributed by atoms with Crippen molar-refractivity contribution in [2.45, 2.75) is 52.8 Å². The molecule has 6 nitrogen and oxygen atoms in total.